The largest absolute Gasteiger partial charge is 0.491 e. The minimum absolute atomic E-state index is 0.0231. The van der Waals surface area contributed by atoms with Crippen LogP contribution in [0.1, 0.15) is 36.5 Å². The number of benzene rings is 1. The van der Waals surface area contributed by atoms with E-state index in [4.69, 9.17) is 4.74 Å². The van der Waals surface area contributed by atoms with E-state index in [0.29, 0.717) is 18.8 Å². The van der Waals surface area contributed by atoms with Crippen molar-refractivity contribution in [2.45, 2.75) is 32.2 Å². The van der Waals surface area contributed by atoms with Crippen LogP contribution in [0, 0.1) is 0 Å². The molecule has 0 radical (unpaired) electrons. The molecule has 0 fully saturated rings. The van der Waals surface area contributed by atoms with Crippen molar-refractivity contribution in [3.8, 4) is 5.75 Å². The van der Waals surface area contributed by atoms with Gasteiger partial charge in [0.2, 0.25) is 17.7 Å². The highest BCUT2D eigenvalue weighted by Crippen LogP contribution is 2.18. The third-order valence-corrected chi connectivity index (χ3v) is 5.23. The molecule has 1 aliphatic rings. The molecule has 0 bridgehead atoms. The molecule has 33 heavy (non-hydrogen) atoms. The zero-order valence-electron chi connectivity index (χ0n) is 19.7. The number of ether oxygens (including phenoxy) is 1. The third-order valence-electron chi connectivity index (χ3n) is 5.23. The number of nitrogens with one attached hydrogen (secondary N) is 3. The van der Waals surface area contributed by atoms with Crippen LogP contribution in [0.4, 0.5) is 0 Å². The summed E-state index contributed by atoms with van der Waals surface area (Å²) in [6, 6.07) is 5.82. The van der Waals surface area contributed by atoms with Crippen LogP contribution in [0.5, 0.6) is 5.75 Å². The molecule has 3 N–H and O–H groups in total. The summed E-state index contributed by atoms with van der Waals surface area (Å²) in [5, 5.41) is 8.32. The summed E-state index contributed by atoms with van der Waals surface area (Å²) >= 11 is 0. The second kappa shape index (κ2) is 13.4. The Balaban J connectivity index is 2.20. The average molecular weight is 462 g/mol. The molecule has 0 aromatic heterocycles. The van der Waals surface area contributed by atoms with Gasteiger partial charge in [0.25, 0.3) is 5.91 Å². The number of nitrogens with zero attached hydrogens (tertiary/aromatic N) is 2. The van der Waals surface area contributed by atoms with Gasteiger partial charge in [0.05, 0.1) is 18.7 Å². The lowest BCUT2D eigenvalue weighted by molar-refractivity contribution is -0.136. The van der Waals surface area contributed by atoms with Crippen LogP contribution in [-0.2, 0) is 14.4 Å². The molecule has 10 heteroatoms. The van der Waals surface area contributed by atoms with Gasteiger partial charge < -0.3 is 30.5 Å². The van der Waals surface area contributed by atoms with Gasteiger partial charge in [-0.1, -0.05) is 12.1 Å². The molecule has 1 atom stereocenters. The van der Waals surface area contributed by atoms with Gasteiger partial charge in [-0.25, -0.2) is 0 Å². The SMILES string of the molecule is CCN1CC(=O)NCCOc2ccccc2C(=O)N[C@H](C(=O)NCCCN(C)C)CCC1=O. The predicted molar refractivity (Wildman–Crippen MR) is 124 cm³/mol. The molecule has 0 saturated heterocycles. The zero-order valence-corrected chi connectivity index (χ0v) is 19.7. The zero-order chi connectivity index (χ0) is 24.2. The van der Waals surface area contributed by atoms with E-state index in [1.807, 2.05) is 19.0 Å². The normalized spacial score (nSPS) is 18.4. The Morgan fingerprint density at radius 2 is 2.00 bits per heavy atom. The number of likely N-dealkylation sites (N-methyl/N-ethyl adjacent to an activating group) is 1. The maximum Gasteiger partial charge on any atom is 0.255 e. The first-order chi connectivity index (χ1) is 15.8. The summed E-state index contributed by atoms with van der Waals surface area (Å²) in [7, 11) is 3.90. The van der Waals surface area contributed by atoms with Crippen LogP contribution in [-0.4, -0.2) is 92.9 Å². The van der Waals surface area contributed by atoms with Gasteiger partial charge in [-0.15, -0.1) is 0 Å². The summed E-state index contributed by atoms with van der Waals surface area (Å²) in [5.41, 5.74) is 0.283. The van der Waals surface area contributed by atoms with Gasteiger partial charge >= 0.3 is 0 Å². The molecule has 0 unspecified atom stereocenters. The summed E-state index contributed by atoms with van der Waals surface area (Å²) in [5.74, 6) is -0.994. The van der Waals surface area contributed by atoms with E-state index in [9.17, 15) is 19.2 Å². The molecule has 182 valence electrons. The molecule has 2 rings (SSSR count). The van der Waals surface area contributed by atoms with Gasteiger partial charge in [-0.2, -0.15) is 0 Å². The molecular formula is C23H35N5O5. The molecule has 10 nitrogen and oxygen atoms in total. The summed E-state index contributed by atoms with van der Waals surface area (Å²) in [4.78, 5) is 54.2. The average Bonchev–Trinajstić information content (AvgIpc) is 2.80. The van der Waals surface area contributed by atoms with E-state index < -0.39 is 11.9 Å². The van der Waals surface area contributed by atoms with Gasteiger partial charge in [0, 0.05) is 19.5 Å². The van der Waals surface area contributed by atoms with Crippen LogP contribution in [0.25, 0.3) is 0 Å². The van der Waals surface area contributed by atoms with Gasteiger partial charge in [-0.3, -0.25) is 19.2 Å². The van der Waals surface area contributed by atoms with Crippen LogP contribution < -0.4 is 20.7 Å². The van der Waals surface area contributed by atoms with E-state index in [1.165, 1.54) is 4.90 Å². The molecule has 1 aromatic rings. The van der Waals surface area contributed by atoms with Crippen molar-refractivity contribution in [2.75, 3.05) is 53.4 Å². The molecule has 1 heterocycles. The highest BCUT2D eigenvalue weighted by atomic mass is 16.5. The van der Waals surface area contributed by atoms with Gasteiger partial charge in [-0.05, 0) is 52.5 Å². The van der Waals surface area contributed by atoms with Crippen molar-refractivity contribution in [3.63, 3.8) is 0 Å². The Labute approximate surface area is 195 Å². The Morgan fingerprint density at radius 1 is 1.24 bits per heavy atom. The van der Waals surface area contributed by atoms with Crippen molar-refractivity contribution in [2.24, 2.45) is 0 Å². The van der Waals surface area contributed by atoms with Crippen molar-refractivity contribution in [3.05, 3.63) is 29.8 Å². The number of carbonyl (C=O) groups excluding carboxylic acids is 4. The van der Waals surface area contributed by atoms with Crippen LogP contribution in [0.15, 0.2) is 24.3 Å². The van der Waals surface area contributed by atoms with E-state index in [1.54, 1.807) is 31.2 Å². The Morgan fingerprint density at radius 3 is 2.73 bits per heavy atom. The van der Waals surface area contributed by atoms with E-state index >= 15 is 0 Å². The topological polar surface area (TPSA) is 120 Å². The standard InChI is InChI=1S/C23H35N5O5/c1-4-28-16-20(29)24-13-15-33-19-9-6-5-8-17(19)22(31)26-18(10-11-21(28)30)23(32)25-12-7-14-27(2)3/h5-6,8-9,18H,4,7,10-16H2,1-3H3,(H,24,29)(H,25,32)(H,26,31)/t18-/m0/s1. The monoisotopic (exact) mass is 461 g/mol. The Bertz CT molecular complexity index is 829. The van der Waals surface area contributed by atoms with E-state index in [2.05, 4.69) is 16.0 Å². The number of para-hydroxylation sites is 1. The number of carbonyl (C=O) groups is 4. The molecular weight excluding hydrogens is 426 g/mol. The number of fused-ring (bicyclic) bond motifs is 1. The quantitative estimate of drug-likeness (QED) is 0.513. The first kappa shape index (κ1) is 26.1. The Kier molecular flexibility index (Phi) is 10.6. The number of hydrogen-bond acceptors (Lipinski definition) is 6. The van der Waals surface area contributed by atoms with Crippen molar-refractivity contribution < 1.29 is 23.9 Å². The van der Waals surface area contributed by atoms with Crippen molar-refractivity contribution in [1.82, 2.24) is 25.8 Å². The molecule has 4 amide bonds. The maximum absolute atomic E-state index is 13.0. The maximum atomic E-state index is 13.0. The smallest absolute Gasteiger partial charge is 0.255 e. The molecule has 1 aromatic carbocycles. The lowest BCUT2D eigenvalue weighted by Crippen LogP contribution is -2.48. The highest BCUT2D eigenvalue weighted by molar-refractivity contribution is 5.99. The fourth-order valence-corrected chi connectivity index (χ4v) is 3.40. The fraction of sp³-hybridized carbons (Fsp3) is 0.565. The second-order valence-corrected chi connectivity index (χ2v) is 8.12. The minimum atomic E-state index is -0.897. The Hall–Kier alpha value is -3.14. The predicted octanol–water partition coefficient (Wildman–Crippen LogP) is -0.00980. The first-order valence-corrected chi connectivity index (χ1v) is 11.3. The van der Waals surface area contributed by atoms with Crippen molar-refractivity contribution in [1.29, 1.82) is 0 Å². The van der Waals surface area contributed by atoms with Gasteiger partial charge in [0.1, 0.15) is 18.4 Å². The van der Waals surface area contributed by atoms with Crippen LogP contribution in [0.2, 0.25) is 0 Å². The molecule has 0 spiro atoms. The first-order valence-electron chi connectivity index (χ1n) is 11.3. The number of rotatable bonds is 6. The van der Waals surface area contributed by atoms with Gasteiger partial charge in [0.15, 0.2) is 0 Å². The van der Waals surface area contributed by atoms with Crippen LogP contribution >= 0.6 is 0 Å². The van der Waals surface area contributed by atoms with E-state index in [0.717, 1.165) is 13.0 Å². The van der Waals surface area contributed by atoms with Crippen molar-refractivity contribution >= 4 is 23.6 Å². The molecule has 0 aliphatic carbocycles. The molecule has 1 aliphatic heterocycles. The van der Waals surface area contributed by atoms with E-state index in [-0.39, 0.29) is 55.8 Å². The number of hydrogen-bond donors (Lipinski definition) is 3. The minimum Gasteiger partial charge on any atom is -0.491 e. The number of amides is 4. The third kappa shape index (κ3) is 8.72. The lowest BCUT2D eigenvalue weighted by Gasteiger charge is -2.22. The summed E-state index contributed by atoms with van der Waals surface area (Å²) in [6.45, 7) is 3.74. The fourth-order valence-electron chi connectivity index (χ4n) is 3.40. The van der Waals surface area contributed by atoms with Crippen LogP contribution in [0.3, 0.4) is 0 Å². The molecule has 0 saturated carbocycles. The summed E-state index contributed by atoms with van der Waals surface area (Å²) in [6.07, 6.45) is 0.897. The summed E-state index contributed by atoms with van der Waals surface area (Å²) < 4.78 is 5.69. The lowest BCUT2D eigenvalue weighted by atomic mass is 10.1. The highest BCUT2D eigenvalue weighted by Gasteiger charge is 2.25. The second-order valence-electron chi connectivity index (χ2n) is 8.12.